The van der Waals surface area contributed by atoms with Gasteiger partial charge in [0.05, 0.1) is 6.54 Å². The molecule has 0 bridgehead atoms. The van der Waals surface area contributed by atoms with E-state index in [1.54, 1.807) is 0 Å². The number of carbonyl (C=O) groups is 1. The lowest BCUT2D eigenvalue weighted by molar-refractivity contribution is 0.0696. The summed E-state index contributed by atoms with van der Waals surface area (Å²) in [6, 6.07) is 0. The number of aromatic nitrogens is 1. The number of rotatable bonds is 2. The topological polar surface area (TPSA) is 99.0 Å². The van der Waals surface area contributed by atoms with Crippen molar-refractivity contribution in [2.75, 3.05) is 6.54 Å². The molecule has 70 valence electrons. The standard InChI is InChI=1S/C7H4N4O2S/c8-11-9-3-1-2-5-4-14-6(10-5)7(12)13/h4H,3H2,(H,12,13). The van der Waals surface area contributed by atoms with Gasteiger partial charge in [-0.25, -0.2) is 9.78 Å². The van der Waals surface area contributed by atoms with Gasteiger partial charge in [0.25, 0.3) is 0 Å². The van der Waals surface area contributed by atoms with Gasteiger partial charge < -0.3 is 5.11 Å². The molecular formula is C7H4N4O2S. The fraction of sp³-hybridized carbons (Fsp3) is 0.143. The second kappa shape index (κ2) is 4.87. The van der Waals surface area contributed by atoms with E-state index >= 15 is 0 Å². The van der Waals surface area contributed by atoms with Crippen LogP contribution in [0.25, 0.3) is 10.4 Å². The normalized spacial score (nSPS) is 8.29. The van der Waals surface area contributed by atoms with E-state index in [1.165, 1.54) is 5.38 Å². The Hall–Kier alpha value is -2.03. The zero-order valence-corrected chi connectivity index (χ0v) is 7.65. The fourth-order valence-electron chi connectivity index (χ4n) is 0.626. The van der Waals surface area contributed by atoms with E-state index in [4.69, 9.17) is 10.6 Å². The van der Waals surface area contributed by atoms with E-state index in [-0.39, 0.29) is 11.6 Å². The van der Waals surface area contributed by atoms with Gasteiger partial charge in [-0.2, -0.15) is 0 Å². The van der Waals surface area contributed by atoms with Gasteiger partial charge in [-0.1, -0.05) is 11.0 Å². The van der Waals surface area contributed by atoms with Gasteiger partial charge in [0.1, 0.15) is 5.69 Å². The minimum absolute atomic E-state index is 0.00177. The van der Waals surface area contributed by atoms with E-state index in [1.807, 2.05) is 0 Å². The minimum atomic E-state index is -1.07. The summed E-state index contributed by atoms with van der Waals surface area (Å²) in [4.78, 5) is 16.7. The van der Waals surface area contributed by atoms with Crippen LogP contribution < -0.4 is 0 Å². The first kappa shape index (κ1) is 10.1. The number of hydrogen-bond donors (Lipinski definition) is 1. The van der Waals surface area contributed by atoms with Crippen molar-refractivity contribution in [1.82, 2.24) is 4.98 Å². The number of carboxylic acids is 1. The van der Waals surface area contributed by atoms with Gasteiger partial charge in [-0.05, 0) is 11.5 Å². The van der Waals surface area contributed by atoms with Crippen molar-refractivity contribution in [1.29, 1.82) is 0 Å². The first-order valence-electron chi connectivity index (χ1n) is 3.42. The summed E-state index contributed by atoms with van der Waals surface area (Å²) in [5, 5.41) is 13.3. The maximum absolute atomic E-state index is 10.4. The van der Waals surface area contributed by atoms with E-state index in [0.717, 1.165) is 11.3 Å². The SMILES string of the molecule is [N-]=[N+]=NCC#Cc1csc(C(=O)O)n1. The largest absolute Gasteiger partial charge is 0.476 e. The number of thiazole rings is 1. The molecule has 0 spiro atoms. The number of azide groups is 1. The summed E-state index contributed by atoms with van der Waals surface area (Å²) in [7, 11) is 0. The van der Waals surface area contributed by atoms with Crippen molar-refractivity contribution in [3.05, 3.63) is 26.5 Å². The van der Waals surface area contributed by atoms with E-state index in [2.05, 4.69) is 26.9 Å². The molecule has 1 rings (SSSR count). The first-order chi connectivity index (χ1) is 6.74. The molecule has 6 nitrogen and oxygen atoms in total. The third kappa shape index (κ3) is 2.79. The van der Waals surface area contributed by atoms with Crippen LogP contribution in [-0.2, 0) is 0 Å². The smallest absolute Gasteiger partial charge is 0.365 e. The number of aromatic carboxylic acids is 1. The molecule has 7 heteroatoms. The molecule has 0 unspecified atom stereocenters. The van der Waals surface area contributed by atoms with Gasteiger partial charge in [0.2, 0.25) is 5.01 Å². The van der Waals surface area contributed by atoms with Crippen molar-refractivity contribution in [2.45, 2.75) is 0 Å². The monoisotopic (exact) mass is 208 g/mol. The van der Waals surface area contributed by atoms with E-state index in [9.17, 15) is 4.79 Å². The fourth-order valence-corrected chi connectivity index (χ4v) is 1.21. The van der Waals surface area contributed by atoms with Crippen molar-refractivity contribution in [3.63, 3.8) is 0 Å². The predicted molar refractivity (Wildman–Crippen MR) is 50.0 cm³/mol. The Morgan fingerprint density at radius 3 is 3.21 bits per heavy atom. The van der Waals surface area contributed by atoms with Crippen molar-refractivity contribution in [2.24, 2.45) is 5.11 Å². The molecule has 1 aromatic rings. The molecule has 0 saturated carbocycles. The Balaban J connectivity index is 2.71. The van der Waals surface area contributed by atoms with Gasteiger partial charge in [-0.15, -0.1) is 11.3 Å². The molecule has 14 heavy (non-hydrogen) atoms. The van der Waals surface area contributed by atoms with Crippen LogP contribution in [0.4, 0.5) is 0 Å². The Kier molecular flexibility index (Phi) is 3.49. The van der Waals surface area contributed by atoms with E-state index < -0.39 is 5.97 Å². The highest BCUT2D eigenvalue weighted by Crippen LogP contribution is 2.07. The molecule has 0 aromatic carbocycles. The third-order valence-corrected chi connectivity index (χ3v) is 1.95. The Labute approximate surface area is 82.8 Å². The maximum Gasteiger partial charge on any atom is 0.365 e. The van der Waals surface area contributed by atoms with Gasteiger partial charge >= 0.3 is 5.97 Å². The molecule has 1 N–H and O–H groups in total. The van der Waals surface area contributed by atoms with Gasteiger partial charge in [0.15, 0.2) is 0 Å². The van der Waals surface area contributed by atoms with Crippen molar-refractivity contribution < 1.29 is 9.90 Å². The second-order valence-corrected chi connectivity index (χ2v) is 2.89. The van der Waals surface area contributed by atoms with E-state index in [0.29, 0.717) is 5.69 Å². The Morgan fingerprint density at radius 1 is 1.86 bits per heavy atom. The molecule has 0 fully saturated rings. The van der Waals surface area contributed by atoms with Crippen LogP contribution in [0.5, 0.6) is 0 Å². The molecule has 0 radical (unpaired) electrons. The molecule has 1 aromatic heterocycles. The van der Waals surface area contributed by atoms with Gasteiger partial charge in [-0.3, -0.25) is 0 Å². The van der Waals surface area contributed by atoms with Crippen LogP contribution in [0.3, 0.4) is 0 Å². The quantitative estimate of drug-likeness (QED) is 0.345. The summed E-state index contributed by atoms with van der Waals surface area (Å²) in [6.45, 7) is 0.0520. The summed E-state index contributed by atoms with van der Waals surface area (Å²) in [5.74, 6) is 4.04. The van der Waals surface area contributed by atoms with Crippen LogP contribution in [0.2, 0.25) is 0 Å². The van der Waals surface area contributed by atoms with Crippen LogP contribution >= 0.6 is 11.3 Å². The first-order valence-corrected chi connectivity index (χ1v) is 4.30. The molecule has 0 aliphatic carbocycles. The molecule has 0 aliphatic heterocycles. The van der Waals surface area contributed by atoms with Crippen LogP contribution in [0.1, 0.15) is 15.5 Å². The summed E-state index contributed by atoms with van der Waals surface area (Å²) < 4.78 is 0. The molecule has 0 amide bonds. The lowest BCUT2D eigenvalue weighted by atomic mass is 10.5. The van der Waals surface area contributed by atoms with Crippen molar-refractivity contribution >= 4 is 17.3 Å². The molecule has 0 saturated heterocycles. The maximum atomic E-state index is 10.4. The lowest BCUT2D eigenvalue weighted by Crippen LogP contribution is -1.94. The second-order valence-electron chi connectivity index (χ2n) is 2.03. The highest BCUT2D eigenvalue weighted by molar-refractivity contribution is 7.11. The van der Waals surface area contributed by atoms with Gasteiger partial charge in [0, 0.05) is 10.3 Å². The molecule has 0 atom stereocenters. The van der Waals surface area contributed by atoms with Crippen LogP contribution in [0.15, 0.2) is 10.5 Å². The third-order valence-electron chi connectivity index (χ3n) is 1.12. The highest BCUT2D eigenvalue weighted by atomic mass is 32.1. The Morgan fingerprint density at radius 2 is 2.64 bits per heavy atom. The predicted octanol–water partition coefficient (Wildman–Crippen LogP) is 1.50. The summed E-state index contributed by atoms with van der Waals surface area (Å²) in [5.41, 5.74) is 8.32. The molecule has 0 aliphatic rings. The van der Waals surface area contributed by atoms with Crippen LogP contribution in [0, 0.1) is 11.8 Å². The number of carboxylic acid groups (broad SMARTS) is 1. The van der Waals surface area contributed by atoms with Crippen LogP contribution in [-0.4, -0.2) is 22.6 Å². The molecular weight excluding hydrogens is 204 g/mol. The zero-order valence-electron chi connectivity index (χ0n) is 6.84. The summed E-state index contributed by atoms with van der Waals surface area (Å²) >= 11 is 1.00. The number of hydrogen-bond acceptors (Lipinski definition) is 4. The highest BCUT2D eigenvalue weighted by Gasteiger charge is 2.06. The zero-order chi connectivity index (χ0) is 10.4. The number of nitrogens with zero attached hydrogens (tertiary/aromatic N) is 4. The average Bonchev–Trinajstić information content (AvgIpc) is 2.61. The average molecular weight is 208 g/mol. The van der Waals surface area contributed by atoms with Crippen molar-refractivity contribution in [3.8, 4) is 11.8 Å². The summed E-state index contributed by atoms with van der Waals surface area (Å²) in [6.07, 6.45) is 0. The minimum Gasteiger partial charge on any atom is -0.476 e. The Bertz CT molecular complexity index is 450. The lowest BCUT2D eigenvalue weighted by Gasteiger charge is -1.79. The molecule has 1 heterocycles.